The first-order valence-corrected chi connectivity index (χ1v) is 6.76. The molecule has 2 aromatic carbocycles. The minimum Gasteiger partial charge on any atom is -0.380 e. The van der Waals surface area contributed by atoms with Gasteiger partial charge in [0.15, 0.2) is 0 Å². The van der Waals surface area contributed by atoms with E-state index in [9.17, 15) is 5.11 Å². The summed E-state index contributed by atoms with van der Waals surface area (Å²) < 4.78 is 0. The van der Waals surface area contributed by atoms with E-state index in [1.165, 1.54) is 11.1 Å². The second kappa shape index (κ2) is 4.67. The first-order chi connectivity index (χ1) is 9.25. The minimum atomic E-state index is -0.939. The quantitative estimate of drug-likeness (QED) is 0.807. The lowest BCUT2D eigenvalue weighted by atomic mass is 9.81. The van der Waals surface area contributed by atoms with Gasteiger partial charge in [-0.15, -0.1) is 6.58 Å². The molecule has 0 aliphatic heterocycles. The van der Waals surface area contributed by atoms with Gasteiger partial charge in [0.25, 0.3) is 0 Å². The molecule has 1 nitrogen and oxygen atoms in total. The van der Waals surface area contributed by atoms with Crippen LogP contribution in [0.25, 0.3) is 0 Å². The molecule has 0 saturated heterocycles. The van der Waals surface area contributed by atoms with E-state index in [1.807, 2.05) is 36.4 Å². The van der Waals surface area contributed by atoms with Crippen LogP contribution in [0.1, 0.15) is 28.7 Å². The largest absolute Gasteiger partial charge is 0.380 e. The third-order valence-electron chi connectivity index (χ3n) is 4.03. The summed E-state index contributed by atoms with van der Waals surface area (Å²) in [5.41, 5.74) is 3.59. The fourth-order valence-electron chi connectivity index (χ4n) is 3.13. The fourth-order valence-corrected chi connectivity index (χ4v) is 3.13. The molecular formula is C18H18O. The molecule has 0 bridgehead atoms. The molecule has 0 unspecified atom stereocenters. The number of aryl methyl sites for hydroxylation is 2. The highest BCUT2D eigenvalue weighted by atomic mass is 16.3. The average Bonchev–Trinajstić information content (AvgIpc) is 2.57. The van der Waals surface area contributed by atoms with Gasteiger partial charge in [-0.05, 0) is 35.1 Å². The maximum absolute atomic E-state index is 11.3. The molecule has 0 fully saturated rings. The number of benzene rings is 2. The van der Waals surface area contributed by atoms with E-state index >= 15 is 0 Å². The van der Waals surface area contributed by atoms with Crippen molar-refractivity contribution in [2.24, 2.45) is 0 Å². The Morgan fingerprint density at radius 3 is 1.89 bits per heavy atom. The summed E-state index contributed by atoms with van der Waals surface area (Å²) >= 11 is 0. The summed E-state index contributed by atoms with van der Waals surface area (Å²) in [6, 6.07) is 16.4. The molecule has 0 radical (unpaired) electrons. The first-order valence-electron chi connectivity index (χ1n) is 6.76. The molecule has 1 heteroatoms. The Kier molecular flexibility index (Phi) is 3.00. The third kappa shape index (κ3) is 1.91. The molecular weight excluding hydrogens is 232 g/mol. The molecule has 0 saturated carbocycles. The number of fused-ring (bicyclic) bond motifs is 2. The molecule has 1 N–H and O–H groups in total. The molecule has 96 valence electrons. The molecule has 3 rings (SSSR count). The van der Waals surface area contributed by atoms with Crippen LogP contribution in [-0.4, -0.2) is 5.11 Å². The van der Waals surface area contributed by atoms with E-state index < -0.39 is 5.60 Å². The van der Waals surface area contributed by atoms with Crippen LogP contribution in [0.15, 0.2) is 61.2 Å². The van der Waals surface area contributed by atoms with Gasteiger partial charge in [-0.2, -0.15) is 0 Å². The van der Waals surface area contributed by atoms with E-state index in [-0.39, 0.29) is 0 Å². The summed E-state index contributed by atoms with van der Waals surface area (Å²) in [5, 5.41) is 11.3. The van der Waals surface area contributed by atoms with Gasteiger partial charge < -0.3 is 5.11 Å². The number of rotatable bonds is 2. The highest BCUT2D eigenvalue weighted by Gasteiger charge is 2.35. The summed E-state index contributed by atoms with van der Waals surface area (Å²) in [6.07, 6.45) is 4.30. The average molecular weight is 250 g/mol. The van der Waals surface area contributed by atoms with Crippen molar-refractivity contribution in [3.8, 4) is 0 Å². The summed E-state index contributed by atoms with van der Waals surface area (Å²) in [7, 11) is 0. The van der Waals surface area contributed by atoms with E-state index in [4.69, 9.17) is 0 Å². The smallest absolute Gasteiger partial charge is 0.119 e. The van der Waals surface area contributed by atoms with Crippen LogP contribution >= 0.6 is 0 Å². The Hall–Kier alpha value is -1.86. The molecule has 0 heterocycles. The van der Waals surface area contributed by atoms with Crippen molar-refractivity contribution in [3.05, 3.63) is 83.4 Å². The van der Waals surface area contributed by atoms with Crippen LogP contribution in [-0.2, 0) is 18.4 Å². The van der Waals surface area contributed by atoms with Gasteiger partial charge in [0, 0.05) is 6.42 Å². The Morgan fingerprint density at radius 1 is 0.947 bits per heavy atom. The van der Waals surface area contributed by atoms with Crippen molar-refractivity contribution in [1.29, 1.82) is 0 Å². The van der Waals surface area contributed by atoms with Crippen LogP contribution in [0.4, 0.5) is 0 Å². The zero-order valence-electron chi connectivity index (χ0n) is 11.0. The summed E-state index contributed by atoms with van der Waals surface area (Å²) in [4.78, 5) is 0. The molecule has 1 aliphatic carbocycles. The highest BCUT2D eigenvalue weighted by molar-refractivity contribution is 5.47. The first kappa shape index (κ1) is 12.2. The molecule has 2 aromatic rings. The number of aliphatic hydroxyl groups is 1. The lowest BCUT2D eigenvalue weighted by Crippen LogP contribution is -2.27. The summed E-state index contributed by atoms with van der Waals surface area (Å²) in [6.45, 7) is 3.82. The molecule has 19 heavy (non-hydrogen) atoms. The number of hydrogen-bond donors (Lipinski definition) is 1. The second-order valence-electron chi connectivity index (χ2n) is 5.17. The van der Waals surface area contributed by atoms with E-state index in [0.717, 1.165) is 24.0 Å². The fraction of sp³-hybridized carbons (Fsp3) is 0.222. The second-order valence-corrected chi connectivity index (χ2v) is 5.17. The highest BCUT2D eigenvalue weighted by Crippen LogP contribution is 2.40. The number of hydrogen-bond acceptors (Lipinski definition) is 1. The Morgan fingerprint density at radius 2 is 1.42 bits per heavy atom. The lowest BCUT2D eigenvalue weighted by Gasteiger charge is -2.30. The monoisotopic (exact) mass is 250 g/mol. The van der Waals surface area contributed by atoms with Crippen LogP contribution < -0.4 is 0 Å². The van der Waals surface area contributed by atoms with Crippen LogP contribution in [0, 0.1) is 0 Å². The topological polar surface area (TPSA) is 20.2 Å². The van der Waals surface area contributed by atoms with E-state index in [2.05, 4.69) is 18.7 Å². The zero-order chi connectivity index (χ0) is 13.3. The van der Waals surface area contributed by atoms with Crippen molar-refractivity contribution in [2.45, 2.75) is 24.9 Å². The molecule has 0 amide bonds. The van der Waals surface area contributed by atoms with Crippen LogP contribution in [0.3, 0.4) is 0 Å². The minimum absolute atomic E-state index is 0.543. The third-order valence-corrected chi connectivity index (χ3v) is 4.03. The van der Waals surface area contributed by atoms with Gasteiger partial charge in [0.05, 0.1) is 0 Å². The van der Waals surface area contributed by atoms with Crippen LogP contribution in [0.2, 0.25) is 0 Å². The van der Waals surface area contributed by atoms with E-state index in [0.29, 0.717) is 6.42 Å². The maximum Gasteiger partial charge on any atom is 0.119 e. The maximum atomic E-state index is 11.3. The van der Waals surface area contributed by atoms with Crippen molar-refractivity contribution >= 4 is 0 Å². The Balaban J connectivity index is 2.28. The van der Waals surface area contributed by atoms with Crippen molar-refractivity contribution < 1.29 is 5.11 Å². The normalized spacial score (nSPS) is 16.1. The molecule has 0 aromatic heterocycles. The molecule has 0 atom stereocenters. The lowest BCUT2D eigenvalue weighted by molar-refractivity contribution is 0.0835. The van der Waals surface area contributed by atoms with Crippen molar-refractivity contribution in [2.75, 3.05) is 0 Å². The van der Waals surface area contributed by atoms with Gasteiger partial charge in [-0.3, -0.25) is 0 Å². The van der Waals surface area contributed by atoms with Crippen molar-refractivity contribution in [3.63, 3.8) is 0 Å². The Labute approximate surface area is 114 Å². The van der Waals surface area contributed by atoms with E-state index in [1.54, 1.807) is 6.08 Å². The van der Waals surface area contributed by atoms with Gasteiger partial charge >= 0.3 is 0 Å². The Bertz CT molecular complexity index is 565. The van der Waals surface area contributed by atoms with Crippen LogP contribution in [0.5, 0.6) is 0 Å². The van der Waals surface area contributed by atoms with Crippen molar-refractivity contribution in [1.82, 2.24) is 0 Å². The SMILES string of the molecule is C=CCC1(O)c2ccccc2CCc2ccccc21. The van der Waals surface area contributed by atoms with Gasteiger partial charge in [-0.1, -0.05) is 54.6 Å². The predicted octanol–water partition coefficient (Wildman–Crippen LogP) is 3.60. The standard InChI is InChI=1S/C18H18O/c1-2-13-18(19)16-9-5-3-7-14(16)11-12-15-8-4-6-10-17(15)18/h2-10,19H,1,11-13H2. The van der Waals surface area contributed by atoms with Gasteiger partial charge in [0.2, 0.25) is 0 Å². The molecule has 1 aliphatic rings. The van der Waals surface area contributed by atoms with Gasteiger partial charge in [-0.25, -0.2) is 0 Å². The molecule has 0 spiro atoms. The predicted molar refractivity (Wildman–Crippen MR) is 78.1 cm³/mol. The summed E-state index contributed by atoms with van der Waals surface area (Å²) in [5.74, 6) is 0. The van der Waals surface area contributed by atoms with Gasteiger partial charge in [0.1, 0.15) is 5.60 Å². The zero-order valence-corrected chi connectivity index (χ0v) is 11.0.